The number of amides is 1. The van der Waals surface area contributed by atoms with Crippen molar-refractivity contribution in [2.24, 2.45) is 5.73 Å². The molecule has 0 heterocycles. The van der Waals surface area contributed by atoms with Gasteiger partial charge in [0.25, 0.3) is 0 Å². The van der Waals surface area contributed by atoms with Gasteiger partial charge in [0.1, 0.15) is 0 Å². The summed E-state index contributed by atoms with van der Waals surface area (Å²) >= 11 is 0. The van der Waals surface area contributed by atoms with Gasteiger partial charge in [-0.2, -0.15) is 0 Å². The van der Waals surface area contributed by atoms with Crippen LogP contribution in [0.5, 0.6) is 0 Å². The monoisotopic (exact) mass is 324 g/mol. The highest BCUT2D eigenvalue weighted by Gasteiger charge is 2.14. The van der Waals surface area contributed by atoms with E-state index in [1.807, 2.05) is 68.4 Å². The second-order valence-corrected chi connectivity index (χ2v) is 6.63. The lowest BCUT2D eigenvalue weighted by atomic mass is 10.0. The van der Waals surface area contributed by atoms with Gasteiger partial charge < -0.3 is 11.1 Å². The summed E-state index contributed by atoms with van der Waals surface area (Å²) in [5.74, 6) is -0.181. The standard InChI is InChI=1S/C20H24N2O2/c1-20(2,21)14-22-19(24)13-12-18(23)17-10-8-16(9-11-17)15-6-4-3-5-7-15/h3-11H,12-14,21H2,1-2H3,(H,22,24). The zero-order valence-corrected chi connectivity index (χ0v) is 14.2. The maximum absolute atomic E-state index is 12.2. The Morgan fingerprint density at radius 2 is 1.50 bits per heavy atom. The predicted octanol–water partition coefficient (Wildman–Crippen LogP) is 3.17. The smallest absolute Gasteiger partial charge is 0.220 e. The van der Waals surface area contributed by atoms with Crippen LogP contribution in [0.3, 0.4) is 0 Å². The molecule has 24 heavy (non-hydrogen) atoms. The third-order valence-electron chi connectivity index (χ3n) is 3.63. The quantitative estimate of drug-likeness (QED) is 0.768. The summed E-state index contributed by atoms with van der Waals surface area (Å²) in [5.41, 5.74) is 8.16. The number of hydrogen-bond acceptors (Lipinski definition) is 3. The zero-order valence-electron chi connectivity index (χ0n) is 14.2. The average Bonchev–Trinajstić information content (AvgIpc) is 2.58. The van der Waals surface area contributed by atoms with Crippen LogP contribution in [-0.2, 0) is 4.79 Å². The Labute approximate surface area is 143 Å². The van der Waals surface area contributed by atoms with Gasteiger partial charge in [-0.3, -0.25) is 9.59 Å². The van der Waals surface area contributed by atoms with Gasteiger partial charge in [-0.25, -0.2) is 0 Å². The summed E-state index contributed by atoms with van der Waals surface area (Å²) in [6.45, 7) is 4.07. The van der Waals surface area contributed by atoms with E-state index in [0.717, 1.165) is 11.1 Å². The van der Waals surface area contributed by atoms with Crippen LogP contribution in [0.25, 0.3) is 11.1 Å². The number of benzene rings is 2. The summed E-state index contributed by atoms with van der Waals surface area (Å²) in [6, 6.07) is 17.5. The topological polar surface area (TPSA) is 72.2 Å². The van der Waals surface area contributed by atoms with E-state index >= 15 is 0 Å². The lowest BCUT2D eigenvalue weighted by Gasteiger charge is -2.18. The fraction of sp³-hybridized carbons (Fsp3) is 0.300. The number of nitrogens with two attached hydrogens (primary N) is 1. The second kappa shape index (κ2) is 7.88. The van der Waals surface area contributed by atoms with Gasteiger partial charge in [0.05, 0.1) is 0 Å². The Morgan fingerprint density at radius 3 is 2.08 bits per heavy atom. The van der Waals surface area contributed by atoms with Gasteiger partial charge in [-0.15, -0.1) is 0 Å². The van der Waals surface area contributed by atoms with Gasteiger partial charge in [0.2, 0.25) is 5.91 Å². The molecule has 0 fully saturated rings. The number of carbonyl (C=O) groups is 2. The van der Waals surface area contributed by atoms with E-state index in [-0.39, 0.29) is 24.5 Å². The molecular formula is C20H24N2O2. The Bertz CT molecular complexity index is 686. The summed E-state index contributed by atoms with van der Waals surface area (Å²) in [5, 5.41) is 2.74. The number of hydrogen-bond donors (Lipinski definition) is 2. The van der Waals surface area contributed by atoms with Crippen LogP contribution in [0.1, 0.15) is 37.0 Å². The first-order valence-corrected chi connectivity index (χ1v) is 8.09. The minimum atomic E-state index is -0.451. The molecule has 2 aromatic rings. The predicted molar refractivity (Wildman–Crippen MR) is 96.7 cm³/mol. The molecule has 1 amide bonds. The molecule has 0 aliphatic heterocycles. The van der Waals surface area contributed by atoms with Crippen molar-refractivity contribution < 1.29 is 9.59 Å². The van der Waals surface area contributed by atoms with Crippen LogP contribution in [-0.4, -0.2) is 23.8 Å². The Kier molecular flexibility index (Phi) is 5.88. The van der Waals surface area contributed by atoms with Gasteiger partial charge in [-0.1, -0.05) is 54.6 Å². The summed E-state index contributed by atoms with van der Waals surface area (Å²) in [7, 11) is 0. The van der Waals surface area contributed by atoms with Crippen LogP contribution < -0.4 is 11.1 Å². The highest BCUT2D eigenvalue weighted by molar-refractivity contribution is 5.98. The zero-order chi connectivity index (χ0) is 17.6. The maximum atomic E-state index is 12.2. The number of nitrogens with one attached hydrogen (secondary N) is 1. The van der Waals surface area contributed by atoms with Crippen molar-refractivity contribution in [2.75, 3.05) is 6.54 Å². The maximum Gasteiger partial charge on any atom is 0.220 e. The second-order valence-electron chi connectivity index (χ2n) is 6.63. The lowest BCUT2D eigenvalue weighted by Crippen LogP contribution is -2.45. The number of Topliss-reactive ketones (excluding diaryl/α,β-unsaturated/α-hetero) is 1. The van der Waals surface area contributed by atoms with Gasteiger partial charge in [-0.05, 0) is 25.0 Å². The van der Waals surface area contributed by atoms with E-state index in [9.17, 15) is 9.59 Å². The number of ketones is 1. The van der Waals surface area contributed by atoms with E-state index in [4.69, 9.17) is 5.73 Å². The third-order valence-corrected chi connectivity index (χ3v) is 3.63. The summed E-state index contributed by atoms with van der Waals surface area (Å²) in [4.78, 5) is 23.9. The highest BCUT2D eigenvalue weighted by Crippen LogP contribution is 2.19. The first-order chi connectivity index (χ1) is 11.3. The van der Waals surface area contributed by atoms with Crippen molar-refractivity contribution in [3.63, 3.8) is 0 Å². The van der Waals surface area contributed by atoms with Crippen molar-refractivity contribution in [2.45, 2.75) is 32.2 Å². The van der Waals surface area contributed by atoms with Crippen molar-refractivity contribution in [3.8, 4) is 11.1 Å². The normalized spacial score (nSPS) is 11.1. The molecule has 0 saturated carbocycles. The van der Waals surface area contributed by atoms with Crippen molar-refractivity contribution >= 4 is 11.7 Å². The molecule has 2 rings (SSSR count). The molecule has 0 radical (unpaired) electrons. The minimum absolute atomic E-state index is 0.0308. The number of rotatable bonds is 7. The van der Waals surface area contributed by atoms with Crippen molar-refractivity contribution in [1.29, 1.82) is 0 Å². The largest absolute Gasteiger partial charge is 0.354 e. The SMILES string of the molecule is CC(C)(N)CNC(=O)CCC(=O)c1ccc(-c2ccccc2)cc1. The van der Waals surface area contributed by atoms with E-state index < -0.39 is 5.54 Å². The minimum Gasteiger partial charge on any atom is -0.354 e. The molecule has 3 N–H and O–H groups in total. The molecular weight excluding hydrogens is 300 g/mol. The van der Waals surface area contributed by atoms with E-state index in [1.54, 1.807) is 0 Å². The molecule has 4 nitrogen and oxygen atoms in total. The molecule has 0 aliphatic carbocycles. The molecule has 4 heteroatoms. The van der Waals surface area contributed by atoms with Gasteiger partial charge in [0, 0.05) is 30.5 Å². The molecule has 0 bridgehead atoms. The Balaban J connectivity index is 1.88. The fourth-order valence-corrected chi connectivity index (χ4v) is 2.27. The Hall–Kier alpha value is -2.46. The first-order valence-electron chi connectivity index (χ1n) is 8.09. The van der Waals surface area contributed by atoms with Crippen LogP contribution in [0, 0.1) is 0 Å². The van der Waals surface area contributed by atoms with Crippen LogP contribution in [0.2, 0.25) is 0 Å². The summed E-state index contributed by atoms with van der Waals surface area (Å²) < 4.78 is 0. The molecule has 0 aromatic heterocycles. The summed E-state index contributed by atoms with van der Waals surface area (Å²) in [6.07, 6.45) is 0.372. The van der Waals surface area contributed by atoms with E-state index in [1.165, 1.54) is 0 Å². The fourth-order valence-electron chi connectivity index (χ4n) is 2.27. The average molecular weight is 324 g/mol. The Morgan fingerprint density at radius 1 is 0.917 bits per heavy atom. The van der Waals surface area contributed by atoms with Crippen LogP contribution >= 0.6 is 0 Å². The first kappa shape index (κ1) is 17.9. The third kappa shape index (κ3) is 5.63. The van der Waals surface area contributed by atoms with Crippen LogP contribution in [0.4, 0.5) is 0 Å². The highest BCUT2D eigenvalue weighted by atomic mass is 16.2. The van der Waals surface area contributed by atoms with E-state index in [0.29, 0.717) is 12.1 Å². The molecule has 0 saturated heterocycles. The van der Waals surface area contributed by atoms with E-state index in [2.05, 4.69) is 5.32 Å². The molecule has 0 atom stereocenters. The molecule has 126 valence electrons. The van der Waals surface area contributed by atoms with Crippen molar-refractivity contribution in [1.82, 2.24) is 5.32 Å². The molecule has 0 unspecified atom stereocenters. The van der Waals surface area contributed by atoms with Gasteiger partial charge in [0.15, 0.2) is 5.78 Å². The van der Waals surface area contributed by atoms with Crippen molar-refractivity contribution in [3.05, 3.63) is 60.2 Å². The molecule has 2 aromatic carbocycles. The number of carbonyl (C=O) groups excluding carboxylic acids is 2. The molecule has 0 spiro atoms. The lowest BCUT2D eigenvalue weighted by molar-refractivity contribution is -0.121. The van der Waals surface area contributed by atoms with Crippen LogP contribution in [0.15, 0.2) is 54.6 Å². The molecule has 0 aliphatic rings. The van der Waals surface area contributed by atoms with Gasteiger partial charge >= 0.3 is 0 Å².